The van der Waals surface area contributed by atoms with E-state index in [0.717, 1.165) is 17.9 Å². The van der Waals surface area contributed by atoms with E-state index in [9.17, 15) is 4.79 Å². The van der Waals surface area contributed by atoms with Crippen LogP contribution in [0, 0.1) is 0 Å². The van der Waals surface area contributed by atoms with Crippen molar-refractivity contribution in [1.82, 2.24) is 0 Å². The minimum absolute atomic E-state index is 0.0145. The van der Waals surface area contributed by atoms with Gasteiger partial charge in [-0.05, 0) is 25.5 Å². The lowest BCUT2D eigenvalue weighted by molar-refractivity contribution is -0.115. The molecule has 1 aromatic rings. The molecule has 88 valence electrons. The number of hydrogen-bond acceptors (Lipinski definition) is 2. The van der Waals surface area contributed by atoms with Gasteiger partial charge in [-0.15, -0.1) is 0 Å². The zero-order valence-corrected chi connectivity index (χ0v) is 10.1. The summed E-state index contributed by atoms with van der Waals surface area (Å²) in [6.07, 6.45) is 1.64. The maximum absolute atomic E-state index is 11.2. The molecule has 0 aliphatic carbocycles. The Hall–Kier alpha value is -1.51. The lowest BCUT2D eigenvalue weighted by atomic mass is 10.2. The molecule has 0 spiro atoms. The first-order chi connectivity index (χ1) is 7.65. The number of nitrogens with one attached hydrogen (secondary N) is 1. The number of carbonyl (C=O) groups excluding carboxylic acids is 1. The molecule has 1 aromatic carbocycles. The molecule has 1 atom stereocenters. The smallest absolute Gasteiger partial charge is 0.224 e. The summed E-state index contributed by atoms with van der Waals surface area (Å²) >= 11 is 0. The number of anilines is 1. The van der Waals surface area contributed by atoms with Gasteiger partial charge in [-0.1, -0.05) is 19.9 Å². The van der Waals surface area contributed by atoms with Crippen LogP contribution in [0.25, 0.3) is 0 Å². The van der Waals surface area contributed by atoms with E-state index in [4.69, 9.17) is 4.74 Å². The summed E-state index contributed by atoms with van der Waals surface area (Å²) in [5.74, 6) is 0.809. The number of hydrogen-bond donors (Lipinski definition) is 1. The van der Waals surface area contributed by atoms with Crippen molar-refractivity contribution in [3.05, 3.63) is 24.3 Å². The SMILES string of the molecule is CCC(=O)Nc1cccc(O[C@@H](C)CC)c1. The number of ether oxygens (including phenoxy) is 1. The van der Waals surface area contributed by atoms with Gasteiger partial charge in [0.15, 0.2) is 0 Å². The van der Waals surface area contributed by atoms with Crippen molar-refractivity contribution in [2.75, 3.05) is 5.32 Å². The van der Waals surface area contributed by atoms with Crippen LogP contribution in [-0.2, 0) is 4.79 Å². The molecule has 0 aliphatic rings. The lowest BCUT2D eigenvalue weighted by Crippen LogP contribution is -2.11. The van der Waals surface area contributed by atoms with Crippen LogP contribution in [0.3, 0.4) is 0 Å². The van der Waals surface area contributed by atoms with Gasteiger partial charge in [0.1, 0.15) is 5.75 Å². The Morgan fingerprint density at radius 1 is 1.44 bits per heavy atom. The van der Waals surface area contributed by atoms with E-state index in [-0.39, 0.29) is 12.0 Å². The zero-order chi connectivity index (χ0) is 12.0. The predicted octanol–water partition coefficient (Wildman–Crippen LogP) is 3.21. The first-order valence-corrected chi connectivity index (χ1v) is 5.72. The maximum atomic E-state index is 11.2. The van der Waals surface area contributed by atoms with Crippen molar-refractivity contribution in [3.8, 4) is 5.75 Å². The van der Waals surface area contributed by atoms with Crippen LogP contribution in [0.2, 0.25) is 0 Å². The summed E-state index contributed by atoms with van der Waals surface area (Å²) < 4.78 is 5.67. The molecule has 1 amide bonds. The summed E-state index contributed by atoms with van der Waals surface area (Å²) in [5, 5.41) is 2.80. The van der Waals surface area contributed by atoms with Crippen LogP contribution in [0.15, 0.2) is 24.3 Å². The quantitative estimate of drug-likeness (QED) is 0.829. The Bertz CT molecular complexity index is 350. The lowest BCUT2D eigenvalue weighted by Gasteiger charge is -2.13. The second-order valence-corrected chi connectivity index (χ2v) is 3.77. The highest BCUT2D eigenvalue weighted by atomic mass is 16.5. The molecule has 0 radical (unpaired) electrons. The van der Waals surface area contributed by atoms with Crippen molar-refractivity contribution in [3.63, 3.8) is 0 Å². The van der Waals surface area contributed by atoms with Gasteiger partial charge in [0, 0.05) is 18.2 Å². The second-order valence-electron chi connectivity index (χ2n) is 3.77. The van der Waals surface area contributed by atoms with E-state index in [0.29, 0.717) is 6.42 Å². The van der Waals surface area contributed by atoms with Crippen molar-refractivity contribution in [1.29, 1.82) is 0 Å². The average Bonchev–Trinajstić information content (AvgIpc) is 2.29. The third kappa shape index (κ3) is 3.93. The molecule has 0 unspecified atom stereocenters. The van der Waals surface area contributed by atoms with Gasteiger partial charge < -0.3 is 10.1 Å². The molecular weight excluding hydrogens is 202 g/mol. The molecule has 3 heteroatoms. The number of amides is 1. The standard InChI is InChI=1S/C13H19NO2/c1-4-10(3)16-12-8-6-7-11(9-12)14-13(15)5-2/h6-10H,4-5H2,1-3H3,(H,14,15)/t10-/m0/s1. The molecule has 0 aromatic heterocycles. The Morgan fingerprint density at radius 3 is 2.81 bits per heavy atom. The fraction of sp³-hybridized carbons (Fsp3) is 0.462. The van der Waals surface area contributed by atoms with Crippen molar-refractivity contribution >= 4 is 11.6 Å². The third-order valence-electron chi connectivity index (χ3n) is 2.35. The summed E-state index contributed by atoms with van der Waals surface area (Å²) in [4.78, 5) is 11.2. The largest absolute Gasteiger partial charge is 0.491 e. The Balaban J connectivity index is 2.67. The van der Waals surface area contributed by atoms with Crippen molar-refractivity contribution < 1.29 is 9.53 Å². The topological polar surface area (TPSA) is 38.3 Å². The number of carbonyl (C=O) groups is 1. The van der Waals surface area contributed by atoms with E-state index in [1.807, 2.05) is 38.1 Å². The minimum atomic E-state index is 0.0145. The molecule has 1 rings (SSSR count). The summed E-state index contributed by atoms with van der Waals surface area (Å²) in [6.45, 7) is 5.93. The first kappa shape index (κ1) is 12.6. The maximum Gasteiger partial charge on any atom is 0.224 e. The summed E-state index contributed by atoms with van der Waals surface area (Å²) in [6, 6.07) is 7.48. The number of rotatable bonds is 5. The molecule has 0 aliphatic heterocycles. The highest BCUT2D eigenvalue weighted by Crippen LogP contribution is 2.19. The van der Waals surface area contributed by atoms with Gasteiger partial charge in [-0.2, -0.15) is 0 Å². The van der Waals surface area contributed by atoms with Gasteiger partial charge in [-0.25, -0.2) is 0 Å². The molecule has 0 saturated carbocycles. The van der Waals surface area contributed by atoms with Gasteiger partial charge in [0.05, 0.1) is 6.10 Å². The fourth-order valence-corrected chi connectivity index (χ4v) is 1.21. The molecule has 0 bridgehead atoms. The monoisotopic (exact) mass is 221 g/mol. The van der Waals surface area contributed by atoms with Gasteiger partial charge in [0.25, 0.3) is 0 Å². The van der Waals surface area contributed by atoms with E-state index in [1.54, 1.807) is 0 Å². The highest BCUT2D eigenvalue weighted by Gasteiger charge is 2.03. The third-order valence-corrected chi connectivity index (χ3v) is 2.35. The predicted molar refractivity (Wildman–Crippen MR) is 65.7 cm³/mol. The van der Waals surface area contributed by atoms with Crippen LogP contribution >= 0.6 is 0 Å². The molecule has 3 nitrogen and oxygen atoms in total. The van der Waals surface area contributed by atoms with Crippen molar-refractivity contribution in [2.45, 2.75) is 39.7 Å². The van der Waals surface area contributed by atoms with Crippen LogP contribution in [0.1, 0.15) is 33.6 Å². The van der Waals surface area contributed by atoms with Crippen LogP contribution < -0.4 is 10.1 Å². The molecule has 16 heavy (non-hydrogen) atoms. The normalized spacial score (nSPS) is 11.9. The first-order valence-electron chi connectivity index (χ1n) is 5.72. The van der Waals surface area contributed by atoms with E-state index in [2.05, 4.69) is 12.2 Å². The van der Waals surface area contributed by atoms with Gasteiger partial charge in [-0.3, -0.25) is 4.79 Å². The van der Waals surface area contributed by atoms with E-state index >= 15 is 0 Å². The Kier molecular flexibility index (Phi) is 4.83. The van der Waals surface area contributed by atoms with Gasteiger partial charge in [0.2, 0.25) is 5.91 Å². The summed E-state index contributed by atoms with van der Waals surface area (Å²) in [5.41, 5.74) is 0.785. The minimum Gasteiger partial charge on any atom is -0.491 e. The molecular formula is C13H19NO2. The van der Waals surface area contributed by atoms with E-state index < -0.39 is 0 Å². The molecule has 0 fully saturated rings. The highest BCUT2D eigenvalue weighted by molar-refractivity contribution is 5.90. The summed E-state index contributed by atoms with van der Waals surface area (Å²) in [7, 11) is 0. The zero-order valence-electron chi connectivity index (χ0n) is 10.1. The Labute approximate surface area is 96.8 Å². The molecule has 1 N–H and O–H groups in total. The average molecular weight is 221 g/mol. The van der Waals surface area contributed by atoms with Crippen LogP contribution in [-0.4, -0.2) is 12.0 Å². The Morgan fingerprint density at radius 2 is 2.19 bits per heavy atom. The van der Waals surface area contributed by atoms with Gasteiger partial charge >= 0.3 is 0 Å². The van der Waals surface area contributed by atoms with E-state index in [1.165, 1.54) is 0 Å². The second kappa shape index (κ2) is 6.16. The van der Waals surface area contributed by atoms with Crippen LogP contribution in [0.4, 0.5) is 5.69 Å². The molecule has 0 heterocycles. The molecule has 0 saturated heterocycles. The number of benzene rings is 1. The van der Waals surface area contributed by atoms with Crippen LogP contribution in [0.5, 0.6) is 5.75 Å². The van der Waals surface area contributed by atoms with Crippen molar-refractivity contribution in [2.24, 2.45) is 0 Å². The fourth-order valence-electron chi connectivity index (χ4n) is 1.21.